The molecule has 0 radical (unpaired) electrons. The predicted octanol–water partition coefficient (Wildman–Crippen LogP) is 3.13. The van der Waals surface area contributed by atoms with Crippen molar-refractivity contribution in [1.29, 1.82) is 0 Å². The van der Waals surface area contributed by atoms with Crippen molar-refractivity contribution in [2.75, 3.05) is 12.4 Å². The molecule has 0 amide bonds. The number of halogens is 1. The molecule has 17 heavy (non-hydrogen) atoms. The van der Waals surface area contributed by atoms with Crippen molar-refractivity contribution < 1.29 is 4.74 Å². The van der Waals surface area contributed by atoms with E-state index in [2.05, 4.69) is 29.1 Å². The molecule has 0 spiro atoms. The highest BCUT2D eigenvalue weighted by molar-refractivity contribution is 6.31. The summed E-state index contributed by atoms with van der Waals surface area (Å²) in [6.07, 6.45) is 5.07. The molecule has 1 fully saturated rings. The van der Waals surface area contributed by atoms with Gasteiger partial charge >= 0.3 is 0 Å². The van der Waals surface area contributed by atoms with Gasteiger partial charge in [0.2, 0.25) is 0 Å². The van der Waals surface area contributed by atoms with Crippen LogP contribution in [0.5, 0.6) is 5.75 Å². The Morgan fingerprint density at radius 1 is 1.47 bits per heavy atom. The summed E-state index contributed by atoms with van der Waals surface area (Å²) in [7, 11) is 1.58. The van der Waals surface area contributed by atoms with E-state index in [1.165, 1.54) is 19.2 Å². The van der Waals surface area contributed by atoms with Gasteiger partial charge in [0, 0.05) is 6.04 Å². The number of aromatic nitrogens is 2. The zero-order valence-electron chi connectivity index (χ0n) is 10.5. The zero-order chi connectivity index (χ0) is 12.5. The molecule has 4 nitrogen and oxygen atoms in total. The lowest BCUT2D eigenvalue weighted by atomic mass is 9.87. The molecule has 0 aliphatic heterocycles. The molecule has 1 aliphatic carbocycles. The normalized spacial score (nSPS) is 22.5. The fourth-order valence-corrected chi connectivity index (χ4v) is 2.61. The van der Waals surface area contributed by atoms with E-state index >= 15 is 0 Å². The molecule has 1 aliphatic rings. The van der Waals surface area contributed by atoms with Gasteiger partial charge in [0.05, 0.1) is 7.11 Å². The van der Waals surface area contributed by atoms with Crippen LogP contribution in [0.15, 0.2) is 6.33 Å². The molecule has 0 saturated heterocycles. The van der Waals surface area contributed by atoms with Crippen molar-refractivity contribution >= 4 is 17.4 Å². The van der Waals surface area contributed by atoms with Crippen molar-refractivity contribution in [1.82, 2.24) is 9.97 Å². The van der Waals surface area contributed by atoms with Gasteiger partial charge in [-0.3, -0.25) is 0 Å². The van der Waals surface area contributed by atoms with E-state index in [0.29, 0.717) is 22.8 Å². The summed E-state index contributed by atoms with van der Waals surface area (Å²) in [5, 5.41) is 3.78. The minimum absolute atomic E-state index is 0.280. The molecule has 2 rings (SSSR count). The molecular weight excluding hydrogens is 238 g/mol. The van der Waals surface area contributed by atoms with Gasteiger partial charge in [0.1, 0.15) is 6.33 Å². The van der Waals surface area contributed by atoms with Crippen LogP contribution in [0.2, 0.25) is 5.15 Å². The Balaban J connectivity index is 2.21. The monoisotopic (exact) mass is 255 g/mol. The highest BCUT2D eigenvalue weighted by Crippen LogP contribution is 2.40. The van der Waals surface area contributed by atoms with Gasteiger partial charge in [-0.05, 0) is 18.3 Å². The van der Waals surface area contributed by atoms with E-state index < -0.39 is 0 Å². The molecule has 1 atom stereocenters. The minimum atomic E-state index is 0.280. The molecule has 1 aromatic rings. The Hall–Kier alpha value is -1.03. The Bertz CT molecular complexity index is 409. The molecule has 1 unspecified atom stereocenters. The second-order valence-corrected chi connectivity index (χ2v) is 5.48. The van der Waals surface area contributed by atoms with Crippen LogP contribution in [-0.2, 0) is 0 Å². The third-order valence-electron chi connectivity index (χ3n) is 3.53. The molecular formula is C12H18ClN3O. The molecule has 94 valence electrons. The van der Waals surface area contributed by atoms with Crippen LogP contribution >= 0.6 is 11.6 Å². The Kier molecular flexibility index (Phi) is 3.43. The zero-order valence-corrected chi connectivity index (χ0v) is 11.2. The highest BCUT2D eigenvalue weighted by Gasteiger charge is 2.35. The van der Waals surface area contributed by atoms with E-state index in [4.69, 9.17) is 16.3 Å². The smallest absolute Gasteiger partial charge is 0.198 e. The lowest BCUT2D eigenvalue weighted by Crippen LogP contribution is -2.31. The average Bonchev–Trinajstić information content (AvgIpc) is 2.59. The summed E-state index contributed by atoms with van der Waals surface area (Å²) in [5.41, 5.74) is 0.280. The topological polar surface area (TPSA) is 47.0 Å². The fraction of sp³-hybridized carbons (Fsp3) is 0.667. The molecule has 1 N–H and O–H groups in total. The van der Waals surface area contributed by atoms with Gasteiger partial charge in [-0.25, -0.2) is 9.97 Å². The van der Waals surface area contributed by atoms with Gasteiger partial charge in [0.15, 0.2) is 16.7 Å². The third kappa shape index (κ3) is 2.46. The van der Waals surface area contributed by atoms with Gasteiger partial charge in [-0.2, -0.15) is 0 Å². The number of nitrogens with one attached hydrogen (secondary N) is 1. The van der Waals surface area contributed by atoms with Crippen molar-refractivity contribution in [3.05, 3.63) is 11.5 Å². The number of rotatable bonds is 3. The van der Waals surface area contributed by atoms with Crippen LogP contribution in [-0.4, -0.2) is 23.1 Å². The molecule has 5 heteroatoms. The van der Waals surface area contributed by atoms with Gasteiger partial charge in [-0.1, -0.05) is 31.9 Å². The first-order valence-electron chi connectivity index (χ1n) is 5.85. The van der Waals surface area contributed by atoms with Gasteiger partial charge < -0.3 is 10.1 Å². The van der Waals surface area contributed by atoms with Crippen LogP contribution in [0.25, 0.3) is 0 Å². The van der Waals surface area contributed by atoms with Crippen LogP contribution < -0.4 is 10.1 Å². The quantitative estimate of drug-likeness (QED) is 0.843. The maximum atomic E-state index is 5.97. The first-order valence-corrected chi connectivity index (χ1v) is 6.23. The third-order valence-corrected chi connectivity index (χ3v) is 3.80. The van der Waals surface area contributed by atoms with Crippen LogP contribution in [0, 0.1) is 5.41 Å². The Labute approximate surface area is 107 Å². The summed E-state index contributed by atoms with van der Waals surface area (Å²) >= 11 is 5.97. The predicted molar refractivity (Wildman–Crippen MR) is 68.6 cm³/mol. The Morgan fingerprint density at radius 2 is 2.24 bits per heavy atom. The van der Waals surface area contributed by atoms with E-state index in [1.807, 2.05) is 0 Å². The summed E-state index contributed by atoms with van der Waals surface area (Å²) < 4.78 is 5.24. The summed E-state index contributed by atoms with van der Waals surface area (Å²) in [6, 6.07) is 0.405. The number of nitrogens with zero attached hydrogens (tertiary/aromatic N) is 2. The van der Waals surface area contributed by atoms with Crippen LogP contribution in [0.3, 0.4) is 0 Å². The standard InChI is InChI=1S/C12H18ClN3O/c1-12(2)6-4-5-8(12)16-11-9(17-3)10(13)14-7-15-11/h7-8H,4-6H2,1-3H3,(H,14,15,16). The van der Waals surface area contributed by atoms with E-state index in [9.17, 15) is 0 Å². The highest BCUT2D eigenvalue weighted by atomic mass is 35.5. The maximum Gasteiger partial charge on any atom is 0.198 e. The Morgan fingerprint density at radius 3 is 2.82 bits per heavy atom. The summed E-state index contributed by atoms with van der Waals surface area (Å²) in [5.74, 6) is 1.21. The maximum absolute atomic E-state index is 5.97. The molecule has 1 aromatic heterocycles. The number of ether oxygens (including phenoxy) is 1. The number of anilines is 1. The molecule has 0 aromatic carbocycles. The van der Waals surface area contributed by atoms with E-state index in [0.717, 1.165) is 6.42 Å². The van der Waals surface area contributed by atoms with Crippen LogP contribution in [0.1, 0.15) is 33.1 Å². The summed E-state index contributed by atoms with van der Waals surface area (Å²) in [6.45, 7) is 4.54. The second kappa shape index (κ2) is 4.69. The van der Waals surface area contributed by atoms with E-state index in [1.54, 1.807) is 7.11 Å². The first-order chi connectivity index (χ1) is 8.04. The van der Waals surface area contributed by atoms with Crippen LogP contribution in [0.4, 0.5) is 5.82 Å². The fourth-order valence-electron chi connectivity index (χ4n) is 2.40. The molecule has 1 heterocycles. The first kappa shape index (κ1) is 12.4. The number of hydrogen-bond acceptors (Lipinski definition) is 4. The number of hydrogen-bond donors (Lipinski definition) is 1. The summed E-state index contributed by atoms with van der Waals surface area (Å²) in [4.78, 5) is 8.12. The lowest BCUT2D eigenvalue weighted by molar-refractivity contribution is 0.347. The van der Waals surface area contributed by atoms with Crippen molar-refractivity contribution in [3.8, 4) is 5.75 Å². The van der Waals surface area contributed by atoms with E-state index in [-0.39, 0.29) is 5.41 Å². The SMILES string of the molecule is COc1c(Cl)ncnc1NC1CCCC1(C)C. The molecule has 1 saturated carbocycles. The van der Waals surface area contributed by atoms with Crippen molar-refractivity contribution in [3.63, 3.8) is 0 Å². The molecule has 0 bridgehead atoms. The minimum Gasteiger partial charge on any atom is -0.490 e. The second-order valence-electron chi connectivity index (χ2n) is 5.12. The van der Waals surface area contributed by atoms with Gasteiger partial charge in [-0.15, -0.1) is 0 Å². The van der Waals surface area contributed by atoms with Crippen molar-refractivity contribution in [2.45, 2.75) is 39.2 Å². The van der Waals surface area contributed by atoms with Crippen molar-refractivity contribution in [2.24, 2.45) is 5.41 Å². The largest absolute Gasteiger partial charge is 0.490 e. The average molecular weight is 256 g/mol. The lowest BCUT2D eigenvalue weighted by Gasteiger charge is -2.28. The number of methoxy groups -OCH3 is 1. The van der Waals surface area contributed by atoms with Gasteiger partial charge in [0.25, 0.3) is 0 Å².